The van der Waals surface area contributed by atoms with Crippen molar-refractivity contribution < 1.29 is 14.3 Å². The third kappa shape index (κ3) is 6.83. The SMILES string of the molecule is CCOc1cc(/C=C2\SC(=Nc3ccc(N4CCCCC4)cc3)N(CC)C2=O)c(Br)cc1OCc1ccccc1C#N. The van der Waals surface area contributed by atoms with Gasteiger partial charge in [-0.05, 0) is 99.0 Å². The zero-order valence-electron chi connectivity index (χ0n) is 23.8. The van der Waals surface area contributed by atoms with Gasteiger partial charge in [-0.2, -0.15) is 5.26 Å². The lowest BCUT2D eigenvalue weighted by atomic mass is 10.1. The average molecular weight is 646 g/mol. The minimum atomic E-state index is -0.0792. The predicted molar refractivity (Wildman–Crippen MR) is 173 cm³/mol. The van der Waals surface area contributed by atoms with Crippen molar-refractivity contribution >= 4 is 56.2 Å². The summed E-state index contributed by atoms with van der Waals surface area (Å²) >= 11 is 5.02. The molecule has 0 bridgehead atoms. The lowest BCUT2D eigenvalue weighted by molar-refractivity contribution is -0.122. The van der Waals surface area contributed by atoms with Crippen LogP contribution in [0.5, 0.6) is 11.5 Å². The fourth-order valence-electron chi connectivity index (χ4n) is 4.97. The Labute approximate surface area is 260 Å². The average Bonchev–Trinajstić information content (AvgIpc) is 3.31. The van der Waals surface area contributed by atoms with E-state index in [2.05, 4.69) is 39.0 Å². The van der Waals surface area contributed by atoms with Gasteiger partial charge in [0.15, 0.2) is 16.7 Å². The summed E-state index contributed by atoms with van der Waals surface area (Å²) in [5.74, 6) is 1.03. The second-order valence-corrected chi connectivity index (χ2v) is 11.8. The summed E-state index contributed by atoms with van der Waals surface area (Å²) in [5, 5.41) is 10.1. The van der Waals surface area contributed by atoms with E-state index in [0.29, 0.717) is 40.3 Å². The van der Waals surface area contributed by atoms with Crippen molar-refractivity contribution in [1.29, 1.82) is 5.26 Å². The first-order valence-corrected chi connectivity index (χ1v) is 15.8. The van der Waals surface area contributed by atoms with Crippen molar-refractivity contribution in [1.82, 2.24) is 4.90 Å². The highest BCUT2D eigenvalue weighted by Gasteiger charge is 2.32. The Bertz CT molecular complexity index is 1540. The van der Waals surface area contributed by atoms with Gasteiger partial charge in [0.2, 0.25) is 0 Å². The maximum atomic E-state index is 13.4. The van der Waals surface area contributed by atoms with Gasteiger partial charge in [0.25, 0.3) is 5.91 Å². The van der Waals surface area contributed by atoms with Gasteiger partial charge in [0, 0.05) is 35.4 Å². The normalized spacial score (nSPS) is 17.1. The number of carbonyl (C=O) groups is 1. The van der Waals surface area contributed by atoms with E-state index in [9.17, 15) is 10.1 Å². The van der Waals surface area contributed by atoms with Gasteiger partial charge in [0.05, 0.1) is 28.8 Å². The molecule has 0 N–H and O–H groups in total. The number of thioether (sulfide) groups is 1. The van der Waals surface area contributed by atoms with Crippen LogP contribution in [-0.2, 0) is 11.4 Å². The summed E-state index contributed by atoms with van der Waals surface area (Å²) in [4.78, 5) is 22.9. The van der Waals surface area contributed by atoms with Crippen molar-refractivity contribution in [2.75, 3.05) is 31.1 Å². The molecule has 0 spiro atoms. The molecule has 3 aromatic carbocycles. The molecular weight excluding hydrogens is 612 g/mol. The minimum absolute atomic E-state index is 0.0792. The van der Waals surface area contributed by atoms with Gasteiger partial charge in [-0.15, -0.1) is 0 Å². The summed E-state index contributed by atoms with van der Waals surface area (Å²) in [6.45, 7) is 7.26. The first-order valence-electron chi connectivity index (χ1n) is 14.2. The topological polar surface area (TPSA) is 78.2 Å². The fraction of sp³-hybridized carbons (Fsp3) is 0.303. The lowest BCUT2D eigenvalue weighted by Crippen LogP contribution is -2.29. The number of benzene rings is 3. The molecule has 3 aromatic rings. The van der Waals surface area contributed by atoms with Crippen LogP contribution in [0.15, 0.2) is 75.0 Å². The monoisotopic (exact) mass is 644 g/mol. The van der Waals surface area contributed by atoms with Crippen molar-refractivity contribution in [3.8, 4) is 17.6 Å². The summed E-state index contributed by atoms with van der Waals surface area (Å²) in [5.41, 5.74) is 4.21. The molecular formula is C33H33BrN4O3S. The molecule has 7 nitrogen and oxygen atoms in total. The highest BCUT2D eigenvalue weighted by molar-refractivity contribution is 9.10. The van der Waals surface area contributed by atoms with Gasteiger partial charge in [0.1, 0.15) is 6.61 Å². The van der Waals surface area contributed by atoms with Gasteiger partial charge < -0.3 is 14.4 Å². The van der Waals surface area contributed by atoms with Crippen molar-refractivity contribution in [3.05, 3.63) is 86.7 Å². The number of anilines is 1. The number of halogens is 1. The number of hydrogen-bond acceptors (Lipinski definition) is 7. The number of likely N-dealkylation sites (N-methyl/N-ethyl adjacent to an activating group) is 1. The molecule has 0 atom stereocenters. The zero-order valence-corrected chi connectivity index (χ0v) is 26.2. The number of nitrogens with zero attached hydrogens (tertiary/aromatic N) is 4. The molecule has 0 radical (unpaired) electrons. The Balaban J connectivity index is 1.37. The Morgan fingerprint density at radius 1 is 1.02 bits per heavy atom. The fourth-order valence-corrected chi connectivity index (χ4v) is 6.46. The van der Waals surface area contributed by atoms with E-state index in [4.69, 9.17) is 14.5 Å². The standard InChI is InChI=1S/C33H33BrN4O3S/c1-3-38-32(39)31(42-33(38)36-26-12-14-27(15-13-26)37-16-8-5-9-17-37)19-25-18-29(40-4-2)30(20-28(25)34)41-22-24-11-7-6-10-23(24)21-35/h6-7,10-15,18-20H,3-5,8-9,16-17,22H2,1-2H3/b31-19-,36-33?. The van der Waals surface area contributed by atoms with E-state index < -0.39 is 0 Å². The molecule has 2 saturated heterocycles. The Morgan fingerprint density at radius 2 is 1.76 bits per heavy atom. The predicted octanol–water partition coefficient (Wildman–Crippen LogP) is 7.91. The Kier molecular flexibility index (Phi) is 9.88. The van der Waals surface area contributed by atoms with E-state index in [1.54, 1.807) is 11.0 Å². The second kappa shape index (κ2) is 14.0. The van der Waals surface area contributed by atoms with Crippen LogP contribution in [0.3, 0.4) is 0 Å². The molecule has 5 rings (SSSR count). The summed E-state index contributed by atoms with van der Waals surface area (Å²) < 4.78 is 12.7. The van der Waals surface area contributed by atoms with Crippen LogP contribution in [0, 0.1) is 11.3 Å². The molecule has 0 saturated carbocycles. The van der Waals surface area contributed by atoms with Crippen LogP contribution in [0.1, 0.15) is 49.8 Å². The third-order valence-electron chi connectivity index (χ3n) is 7.17. The second-order valence-electron chi connectivity index (χ2n) is 9.93. The van der Waals surface area contributed by atoms with Gasteiger partial charge in [-0.1, -0.05) is 34.1 Å². The molecule has 2 aliphatic rings. The first kappa shape index (κ1) is 29.7. The minimum Gasteiger partial charge on any atom is -0.490 e. The number of aliphatic imine (C=N–C) groups is 1. The van der Waals surface area contributed by atoms with Crippen LogP contribution < -0.4 is 14.4 Å². The lowest BCUT2D eigenvalue weighted by Gasteiger charge is -2.28. The molecule has 0 aliphatic carbocycles. The maximum absolute atomic E-state index is 13.4. The van der Waals surface area contributed by atoms with E-state index in [1.807, 2.05) is 62.4 Å². The zero-order chi connectivity index (χ0) is 29.5. The molecule has 9 heteroatoms. The number of amides is 1. The molecule has 2 aliphatic heterocycles. The molecule has 0 unspecified atom stereocenters. The van der Waals surface area contributed by atoms with Crippen LogP contribution in [0.25, 0.3) is 6.08 Å². The van der Waals surface area contributed by atoms with Crippen LogP contribution in [0.4, 0.5) is 11.4 Å². The first-order chi connectivity index (χ1) is 20.5. The molecule has 42 heavy (non-hydrogen) atoms. The van der Waals surface area contributed by atoms with Crippen LogP contribution >= 0.6 is 27.7 Å². The molecule has 2 fully saturated rings. The summed E-state index contributed by atoms with van der Waals surface area (Å²) in [6, 6.07) is 21.5. The number of hydrogen-bond donors (Lipinski definition) is 0. The van der Waals surface area contributed by atoms with Crippen LogP contribution in [-0.4, -0.2) is 42.2 Å². The van der Waals surface area contributed by atoms with Gasteiger partial charge in [-0.3, -0.25) is 9.69 Å². The van der Waals surface area contributed by atoms with Crippen molar-refractivity contribution in [2.24, 2.45) is 4.99 Å². The Hall–Kier alpha value is -3.74. The van der Waals surface area contributed by atoms with E-state index in [0.717, 1.165) is 34.4 Å². The van der Waals surface area contributed by atoms with Crippen LogP contribution in [0.2, 0.25) is 0 Å². The number of carbonyl (C=O) groups excluding carboxylic acids is 1. The highest BCUT2D eigenvalue weighted by atomic mass is 79.9. The molecule has 0 aromatic heterocycles. The van der Waals surface area contributed by atoms with Crippen molar-refractivity contribution in [2.45, 2.75) is 39.7 Å². The van der Waals surface area contributed by atoms with Crippen molar-refractivity contribution in [3.63, 3.8) is 0 Å². The maximum Gasteiger partial charge on any atom is 0.266 e. The number of amidine groups is 1. The van der Waals surface area contributed by atoms with E-state index >= 15 is 0 Å². The number of piperidine rings is 1. The van der Waals surface area contributed by atoms with E-state index in [1.165, 1.54) is 36.7 Å². The number of rotatable bonds is 9. The highest BCUT2D eigenvalue weighted by Crippen LogP contribution is 2.39. The summed E-state index contributed by atoms with van der Waals surface area (Å²) in [6.07, 6.45) is 5.63. The Morgan fingerprint density at radius 3 is 2.48 bits per heavy atom. The molecule has 1 amide bonds. The smallest absolute Gasteiger partial charge is 0.266 e. The molecule has 2 heterocycles. The van der Waals surface area contributed by atoms with E-state index in [-0.39, 0.29) is 12.5 Å². The number of ether oxygens (including phenoxy) is 2. The van der Waals surface area contributed by atoms with Gasteiger partial charge >= 0.3 is 0 Å². The molecule has 216 valence electrons. The van der Waals surface area contributed by atoms with Gasteiger partial charge in [-0.25, -0.2) is 4.99 Å². The number of nitriles is 1. The third-order valence-corrected chi connectivity index (χ3v) is 8.86. The quantitative estimate of drug-likeness (QED) is 0.220. The largest absolute Gasteiger partial charge is 0.490 e. The summed E-state index contributed by atoms with van der Waals surface area (Å²) in [7, 11) is 0.